The number of aryl methyl sites for hydroxylation is 1. The first-order valence-electron chi connectivity index (χ1n) is 6.03. The molecule has 0 N–H and O–H groups in total. The molecule has 1 aromatic carbocycles. The predicted octanol–water partition coefficient (Wildman–Crippen LogP) is -1.67. The second-order valence-electron chi connectivity index (χ2n) is 4.83. The molecule has 0 nitrogen and oxygen atoms in total. The molecule has 0 aromatic heterocycles. The molecule has 1 aliphatic rings. The van der Waals surface area contributed by atoms with Crippen LogP contribution in [0.25, 0.3) is 0 Å². The number of rotatable bonds is 1. The van der Waals surface area contributed by atoms with Gasteiger partial charge in [0.2, 0.25) is 0 Å². The summed E-state index contributed by atoms with van der Waals surface area (Å²) in [5, 5.41) is 0. The summed E-state index contributed by atoms with van der Waals surface area (Å²) in [6, 6.07) is 2.31. The summed E-state index contributed by atoms with van der Waals surface area (Å²) in [5.74, 6) is 0.521. The smallest absolute Gasteiger partial charge is 0.0344 e. The molecule has 1 aromatic rings. The monoisotopic (exact) mass is 389 g/mol. The first kappa shape index (κ1) is 21.8. The van der Waals surface area contributed by atoms with E-state index < -0.39 is 0 Å². The van der Waals surface area contributed by atoms with E-state index >= 15 is 0 Å². The Hall–Kier alpha value is 0.510. The first-order valence-corrected chi connectivity index (χ1v) is 12.2. The molecule has 0 aliphatic heterocycles. The van der Waals surface area contributed by atoms with Crippen molar-refractivity contribution in [1.29, 1.82) is 0 Å². The van der Waals surface area contributed by atoms with Gasteiger partial charge in [-0.3, -0.25) is 0 Å². The summed E-state index contributed by atoms with van der Waals surface area (Å²) in [5.41, 5.74) is 6.01. The van der Waals surface area contributed by atoms with Crippen molar-refractivity contribution in [3.8, 4) is 0 Å². The van der Waals surface area contributed by atoms with Gasteiger partial charge >= 0.3 is 41.9 Å². The van der Waals surface area contributed by atoms with Crippen molar-refractivity contribution in [3.63, 3.8) is 0 Å². The molecule has 0 spiro atoms. The van der Waals surface area contributed by atoms with Gasteiger partial charge in [0.15, 0.2) is 0 Å². The maximum atomic E-state index is 2.31. The van der Waals surface area contributed by atoms with Crippen molar-refractivity contribution in [2.24, 2.45) is 0 Å². The van der Waals surface area contributed by atoms with Crippen LogP contribution in [-0.2, 0) is 23.3 Å². The van der Waals surface area contributed by atoms with E-state index in [1.165, 1.54) is 22.3 Å². The van der Waals surface area contributed by atoms with E-state index in [4.69, 9.17) is 0 Å². The van der Waals surface area contributed by atoms with E-state index in [1.54, 1.807) is 23.3 Å². The molecular weight excluding hydrogens is 370 g/mol. The van der Waals surface area contributed by atoms with Crippen LogP contribution in [0.5, 0.6) is 0 Å². The molecule has 19 heavy (non-hydrogen) atoms. The van der Waals surface area contributed by atoms with Gasteiger partial charge in [0.25, 0.3) is 0 Å². The number of allylic oxidation sites excluding steroid dienone is 4. The summed E-state index contributed by atoms with van der Waals surface area (Å²) < 4.78 is 0. The van der Waals surface area contributed by atoms with Gasteiger partial charge in [0, 0.05) is 0 Å². The Labute approximate surface area is 145 Å². The van der Waals surface area contributed by atoms with Crippen molar-refractivity contribution in [3.05, 3.63) is 52.6 Å². The Morgan fingerprint density at radius 2 is 1.53 bits per heavy atom. The minimum Gasteiger partial charge on any atom is -1.00 e. The third-order valence-corrected chi connectivity index (χ3v) is 3.07. The standard InChI is InChI=1S/C13H15.C2H6Si.2ClH.Zr/c1-9-8-13(11(3)10(9)2)12-6-4-5-7-12;1-3-2;;;/h4-8,12H,1-3H3;1-2H3;2*1H;/q-1;;;;+2/p-2. The van der Waals surface area contributed by atoms with Gasteiger partial charge in [0.05, 0.1) is 0 Å². The van der Waals surface area contributed by atoms with E-state index in [0.29, 0.717) is 5.92 Å². The van der Waals surface area contributed by atoms with Gasteiger partial charge in [-0.15, -0.1) is 0 Å². The van der Waals surface area contributed by atoms with Crippen LogP contribution >= 0.6 is 0 Å². The quantitative estimate of drug-likeness (QED) is 0.397. The first-order chi connectivity index (χ1) is 7.93. The van der Waals surface area contributed by atoms with Crippen LogP contribution in [0.3, 0.4) is 0 Å². The average Bonchev–Trinajstić information content (AvgIpc) is 2.82. The SMILES string of the molecule is C[Si](C)=[Zr+2].Cc1c(C2C=CC=C2)c[c-](C)c1C.[Cl-].[Cl-]. The van der Waals surface area contributed by atoms with Gasteiger partial charge in [-0.1, -0.05) is 45.1 Å². The summed E-state index contributed by atoms with van der Waals surface area (Å²) in [6.45, 7) is 11.2. The van der Waals surface area contributed by atoms with Crippen LogP contribution in [0.1, 0.15) is 28.2 Å². The normalized spacial score (nSPS) is 12.4. The Bertz CT molecular complexity index is 457. The molecule has 4 heteroatoms. The summed E-state index contributed by atoms with van der Waals surface area (Å²) >= 11 is 1.74. The minimum absolute atomic E-state index is 0. The van der Waals surface area contributed by atoms with Crippen molar-refractivity contribution in [2.45, 2.75) is 39.8 Å². The molecule has 0 atom stereocenters. The van der Waals surface area contributed by atoms with Crippen LogP contribution in [-0.4, -0.2) is 5.43 Å². The van der Waals surface area contributed by atoms with E-state index in [2.05, 4.69) is 64.2 Å². The Morgan fingerprint density at radius 1 is 1.11 bits per heavy atom. The van der Waals surface area contributed by atoms with Crippen molar-refractivity contribution < 1.29 is 48.1 Å². The van der Waals surface area contributed by atoms with Gasteiger partial charge < -0.3 is 24.8 Å². The van der Waals surface area contributed by atoms with Crippen molar-refractivity contribution >= 4 is 5.43 Å². The predicted molar refractivity (Wildman–Crippen MR) is 74.7 cm³/mol. The van der Waals surface area contributed by atoms with Gasteiger partial charge in [-0.2, -0.15) is 28.3 Å². The number of halogens is 2. The molecule has 0 saturated carbocycles. The minimum atomic E-state index is 0. The molecule has 104 valence electrons. The maximum absolute atomic E-state index is 2.31. The fraction of sp³-hybridized carbons (Fsp3) is 0.400. The fourth-order valence-corrected chi connectivity index (χ4v) is 1.95. The van der Waals surface area contributed by atoms with E-state index in [0.717, 1.165) is 0 Å². The second-order valence-corrected chi connectivity index (χ2v) is 14.2. The van der Waals surface area contributed by atoms with E-state index in [9.17, 15) is 0 Å². The van der Waals surface area contributed by atoms with Gasteiger partial charge in [-0.05, 0) is 5.92 Å². The second kappa shape index (κ2) is 10.3. The molecule has 0 radical (unpaired) electrons. The molecule has 0 saturated heterocycles. The largest absolute Gasteiger partial charge is 1.00 e. The zero-order valence-corrected chi connectivity index (χ0v) is 17.2. The fourth-order valence-electron chi connectivity index (χ4n) is 1.95. The molecule has 0 amide bonds. The number of hydrogen-bond donors (Lipinski definition) is 0. The van der Waals surface area contributed by atoms with Crippen LogP contribution < -0.4 is 24.8 Å². The zero-order chi connectivity index (χ0) is 13.0. The summed E-state index contributed by atoms with van der Waals surface area (Å²) in [7, 11) is 0. The summed E-state index contributed by atoms with van der Waals surface area (Å²) in [6.07, 6.45) is 8.76. The molecule has 1 aliphatic carbocycles. The van der Waals surface area contributed by atoms with Gasteiger partial charge in [-0.25, -0.2) is 0 Å². The topological polar surface area (TPSA) is 0 Å². The molecular formula is C15H21Cl2SiZr-. The van der Waals surface area contributed by atoms with Crippen LogP contribution in [0, 0.1) is 20.8 Å². The van der Waals surface area contributed by atoms with Gasteiger partial charge in [0.1, 0.15) is 0 Å². The Morgan fingerprint density at radius 3 is 1.84 bits per heavy atom. The Kier molecular flexibility index (Phi) is 11.8. The van der Waals surface area contributed by atoms with Crippen molar-refractivity contribution in [2.75, 3.05) is 0 Å². The van der Waals surface area contributed by atoms with Crippen molar-refractivity contribution in [1.82, 2.24) is 0 Å². The van der Waals surface area contributed by atoms with Crippen LogP contribution in [0.2, 0.25) is 13.1 Å². The zero-order valence-electron chi connectivity index (χ0n) is 12.2. The van der Waals surface area contributed by atoms with E-state index in [-0.39, 0.29) is 30.2 Å². The van der Waals surface area contributed by atoms with Crippen LogP contribution in [0.15, 0.2) is 30.4 Å². The summed E-state index contributed by atoms with van der Waals surface area (Å²) in [4.78, 5) is 0. The molecule has 0 fully saturated rings. The van der Waals surface area contributed by atoms with Crippen LogP contribution in [0.4, 0.5) is 0 Å². The Balaban J connectivity index is 0. The van der Waals surface area contributed by atoms with E-state index in [1.807, 2.05) is 0 Å². The third-order valence-electron chi connectivity index (χ3n) is 3.07. The maximum Gasteiger partial charge on any atom is -0.0344 e. The number of hydrogen-bond acceptors (Lipinski definition) is 0. The third kappa shape index (κ3) is 6.67. The molecule has 0 heterocycles. The molecule has 2 rings (SSSR count). The molecule has 0 unspecified atom stereocenters. The average molecular weight is 392 g/mol. The molecule has 0 bridgehead atoms.